The number of aliphatic hydroxyl groups excluding tert-OH is 1. The van der Waals surface area contributed by atoms with Crippen molar-refractivity contribution in [3.8, 4) is 5.75 Å². The second-order valence-corrected chi connectivity index (χ2v) is 4.43. The number of ether oxygens (including phenoxy) is 1. The summed E-state index contributed by atoms with van der Waals surface area (Å²) in [4.78, 5) is 10.5. The van der Waals surface area contributed by atoms with Gasteiger partial charge in [0, 0.05) is 6.07 Å². The Morgan fingerprint density at radius 3 is 2.55 bits per heavy atom. The Balaban J connectivity index is 2.21. The van der Waals surface area contributed by atoms with Crippen molar-refractivity contribution in [3.05, 3.63) is 69.8 Å². The van der Waals surface area contributed by atoms with E-state index in [2.05, 4.69) is 0 Å². The molecule has 5 nitrogen and oxygen atoms in total. The minimum atomic E-state index is -0.753. The predicted octanol–water partition coefficient (Wildman–Crippen LogP) is 3.23. The lowest BCUT2D eigenvalue weighted by Gasteiger charge is -2.09. The summed E-state index contributed by atoms with van der Waals surface area (Å²) in [5.41, 5.74) is 1.28. The summed E-state index contributed by atoms with van der Waals surface area (Å²) in [7, 11) is 0. The lowest BCUT2D eigenvalue weighted by Crippen LogP contribution is -2.01. The topological polar surface area (TPSA) is 72.6 Å². The largest absolute Gasteiger partial charge is 0.482 e. The van der Waals surface area contributed by atoms with Crippen LogP contribution in [0, 0.1) is 10.1 Å². The molecule has 0 aromatic heterocycles. The van der Waals surface area contributed by atoms with E-state index in [1.165, 1.54) is 12.1 Å². The van der Waals surface area contributed by atoms with Crippen molar-refractivity contribution >= 4 is 5.69 Å². The average molecular weight is 273 g/mol. The first-order valence-corrected chi connectivity index (χ1v) is 6.21. The van der Waals surface area contributed by atoms with Crippen LogP contribution < -0.4 is 4.74 Å². The van der Waals surface area contributed by atoms with Crippen LogP contribution in [0.4, 0.5) is 5.69 Å². The monoisotopic (exact) mass is 273 g/mol. The molecule has 0 radical (unpaired) electrons. The highest BCUT2D eigenvalue weighted by Crippen LogP contribution is 2.30. The molecule has 1 unspecified atom stereocenters. The first-order valence-electron chi connectivity index (χ1n) is 6.21. The number of hydrogen-bond donors (Lipinski definition) is 1. The Labute approximate surface area is 116 Å². The van der Waals surface area contributed by atoms with Gasteiger partial charge in [-0.15, -0.1) is 0 Å². The molecular formula is C15H15NO4. The molecule has 0 aliphatic rings. The number of rotatable bonds is 5. The van der Waals surface area contributed by atoms with Gasteiger partial charge in [0.25, 0.3) is 0 Å². The Morgan fingerprint density at radius 2 is 1.95 bits per heavy atom. The van der Waals surface area contributed by atoms with Crippen LogP contribution in [-0.4, -0.2) is 10.0 Å². The smallest absolute Gasteiger partial charge is 0.311 e. The molecule has 0 fully saturated rings. The third-order valence-electron chi connectivity index (χ3n) is 2.90. The van der Waals surface area contributed by atoms with Crippen LogP contribution in [0.2, 0.25) is 0 Å². The molecule has 0 saturated heterocycles. The van der Waals surface area contributed by atoms with Crippen molar-refractivity contribution in [3.63, 3.8) is 0 Å². The molecule has 2 rings (SSSR count). The maximum absolute atomic E-state index is 11.1. The summed E-state index contributed by atoms with van der Waals surface area (Å²) in [6.45, 7) is 1.82. The maximum atomic E-state index is 11.1. The molecule has 0 aliphatic carbocycles. The van der Waals surface area contributed by atoms with E-state index in [9.17, 15) is 15.2 Å². The van der Waals surface area contributed by atoms with Gasteiger partial charge in [-0.25, -0.2) is 0 Å². The fraction of sp³-hybridized carbons (Fsp3) is 0.200. The van der Waals surface area contributed by atoms with Gasteiger partial charge in [-0.05, 0) is 24.1 Å². The van der Waals surface area contributed by atoms with Gasteiger partial charge < -0.3 is 9.84 Å². The molecule has 0 aliphatic heterocycles. The third-order valence-corrected chi connectivity index (χ3v) is 2.90. The van der Waals surface area contributed by atoms with E-state index < -0.39 is 11.0 Å². The van der Waals surface area contributed by atoms with Crippen LogP contribution in [-0.2, 0) is 6.61 Å². The minimum Gasteiger partial charge on any atom is -0.482 e. The highest BCUT2D eigenvalue weighted by molar-refractivity contribution is 5.49. The molecule has 1 N–H and O–H groups in total. The van der Waals surface area contributed by atoms with Gasteiger partial charge in [0.1, 0.15) is 6.61 Å². The number of nitro benzene ring substituents is 1. The van der Waals surface area contributed by atoms with E-state index in [0.29, 0.717) is 5.56 Å². The van der Waals surface area contributed by atoms with Crippen LogP contribution in [0.3, 0.4) is 0 Å². The van der Waals surface area contributed by atoms with Crippen LogP contribution in [0.1, 0.15) is 24.2 Å². The van der Waals surface area contributed by atoms with Crippen molar-refractivity contribution in [2.45, 2.75) is 19.6 Å². The van der Waals surface area contributed by atoms with Gasteiger partial charge in [-0.2, -0.15) is 0 Å². The fourth-order valence-electron chi connectivity index (χ4n) is 1.79. The molecule has 20 heavy (non-hydrogen) atoms. The second kappa shape index (κ2) is 6.16. The Bertz CT molecular complexity index is 596. The van der Waals surface area contributed by atoms with E-state index in [1.54, 1.807) is 13.0 Å². The van der Waals surface area contributed by atoms with E-state index in [0.717, 1.165) is 5.56 Å². The van der Waals surface area contributed by atoms with Crippen LogP contribution in [0.5, 0.6) is 5.75 Å². The van der Waals surface area contributed by atoms with Crippen molar-refractivity contribution in [1.29, 1.82) is 0 Å². The average Bonchev–Trinajstić information content (AvgIpc) is 2.45. The van der Waals surface area contributed by atoms with Crippen LogP contribution in [0.15, 0.2) is 48.5 Å². The van der Waals surface area contributed by atoms with Gasteiger partial charge in [0.2, 0.25) is 0 Å². The van der Waals surface area contributed by atoms with Crippen molar-refractivity contribution in [2.75, 3.05) is 0 Å². The molecule has 1 atom stereocenters. The van der Waals surface area contributed by atoms with Crippen molar-refractivity contribution in [2.24, 2.45) is 0 Å². The Hall–Kier alpha value is -2.40. The summed E-state index contributed by atoms with van der Waals surface area (Å²) < 4.78 is 5.50. The molecule has 0 spiro atoms. The highest BCUT2D eigenvalue weighted by atomic mass is 16.6. The first-order chi connectivity index (χ1) is 9.58. The molecule has 0 heterocycles. The van der Waals surface area contributed by atoms with Gasteiger partial charge in [-0.1, -0.05) is 36.4 Å². The van der Waals surface area contributed by atoms with Crippen molar-refractivity contribution in [1.82, 2.24) is 0 Å². The summed E-state index contributed by atoms with van der Waals surface area (Å²) >= 11 is 0. The number of hydrogen-bond acceptors (Lipinski definition) is 4. The molecule has 0 saturated carbocycles. The van der Waals surface area contributed by atoms with Gasteiger partial charge in [-0.3, -0.25) is 10.1 Å². The zero-order valence-electron chi connectivity index (χ0n) is 11.0. The quantitative estimate of drug-likeness (QED) is 0.670. The van der Waals surface area contributed by atoms with E-state index >= 15 is 0 Å². The molecule has 0 bridgehead atoms. The molecule has 2 aromatic rings. The maximum Gasteiger partial charge on any atom is 0.311 e. The lowest BCUT2D eigenvalue weighted by atomic mass is 10.1. The van der Waals surface area contributed by atoms with E-state index in [1.807, 2.05) is 30.3 Å². The van der Waals surface area contributed by atoms with Crippen LogP contribution in [0.25, 0.3) is 0 Å². The van der Waals surface area contributed by atoms with Gasteiger partial charge >= 0.3 is 5.69 Å². The Morgan fingerprint density at radius 1 is 1.25 bits per heavy atom. The number of aliphatic hydroxyl groups is 1. The molecule has 104 valence electrons. The molecule has 0 amide bonds. The van der Waals surface area contributed by atoms with Gasteiger partial charge in [0.15, 0.2) is 5.75 Å². The zero-order valence-corrected chi connectivity index (χ0v) is 11.0. The summed E-state index contributed by atoms with van der Waals surface area (Å²) in [5, 5.41) is 20.5. The van der Waals surface area contributed by atoms with Crippen LogP contribution >= 0.6 is 0 Å². The summed E-state index contributed by atoms with van der Waals surface area (Å²) in [5.74, 6) is 0.197. The van der Waals surface area contributed by atoms with Gasteiger partial charge in [0.05, 0.1) is 11.0 Å². The standard InChI is InChI=1S/C15H15NO4/c1-11(17)13-7-8-15(14(9-13)16(18)19)20-10-12-5-3-2-4-6-12/h2-9,11,17H,10H2,1H3. The number of benzene rings is 2. The lowest BCUT2D eigenvalue weighted by molar-refractivity contribution is -0.386. The normalized spacial score (nSPS) is 11.9. The summed E-state index contributed by atoms with van der Waals surface area (Å²) in [6, 6.07) is 13.9. The summed E-state index contributed by atoms with van der Waals surface area (Å²) in [6.07, 6.45) is -0.753. The zero-order chi connectivity index (χ0) is 14.5. The Kier molecular flexibility index (Phi) is 4.32. The predicted molar refractivity (Wildman–Crippen MR) is 74.5 cm³/mol. The molecular weight excluding hydrogens is 258 g/mol. The van der Waals surface area contributed by atoms with E-state index in [-0.39, 0.29) is 18.0 Å². The molecule has 2 aromatic carbocycles. The molecule has 5 heteroatoms. The minimum absolute atomic E-state index is 0.140. The first kappa shape index (κ1) is 14.0. The fourth-order valence-corrected chi connectivity index (χ4v) is 1.79. The van der Waals surface area contributed by atoms with Crippen molar-refractivity contribution < 1.29 is 14.8 Å². The third kappa shape index (κ3) is 3.33. The van der Waals surface area contributed by atoms with E-state index in [4.69, 9.17) is 4.74 Å². The highest BCUT2D eigenvalue weighted by Gasteiger charge is 2.17. The number of nitro groups is 1. The SMILES string of the molecule is CC(O)c1ccc(OCc2ccccc2)c([N+](=O)[O-])c1. The second-order valence-electron chi connectivity index (χ2n) is 4.43. The number of nitrogens with zero attached hydrogens (tertiary/aromatic N) is 1.